The van der Waals surface area contributed by atoms with Gasteiger partial charge < -0.3 is 10.6 Å². The molecule has 0 aromatic rings. The average Bonchev–Trinajstić information content (AvgIpc) is 2.68. The Hall–Kier alpha value is -0.210. The molecule has 2 N–H and O–H groups in total. The van der Waals surface area contributed by atoms with E-state index in [1.54, 1.807) is 8.61 Å². The molecule has 7 heteroatoms. The van der Waals surface area contributed by atoms with Crippen LogP contribution in [-0.2, 0) is 10.2 Å². The highest BCUT2D eigenvalue weighted by Crippen LogP contribution is 2.24. The first-order chi connectivity index (χ1) is 9.98. The number of likely N-dealkylation sites (N-methyl/N-ethyl adjacent to an activating group) is 1. The predicted molar refractivity (Wildman–Crippen MR) is 85.2 cm³/mol. The first-order valence-electron chi connectivity index (χ1n) is 8.14. The average molecular weight is 318 g/mol. The van der Waals surface area contributed by atoms with Crippen LogP contribution in [0.5, 0.6) is 0 Å². The van der Waals surface area contributed by atoms with Crippen molar-refractivity contribution in [1.29, 1.82) is 0 Å². The number of rotatable bonds is 4. The van der Waals surface area contributed by atoms with Gasteiger partial charge in [-0.3, -0.25) is 0 Å². The Bertz CT molecular complexity index is 421. The van der Waals surface area contributed by atoms with Crippen LogP contribution < -0.4 is 5.73 Å². The van der Waals surface area contributed by atoms with Crippen LogP contribution in [0, 0.1) is 5.92 Å². The van der Waals surface area contributed by atoms with E-state index in [2.05, 4.69) is 18.9 Å². The fraction of sp³-hybridized carbons (Fsp3) is 1.00. The molecule has 2 fully saturated rings. The van der Waals surface area contributed by atoms with E-state index in [4.69, 9.17) is 5.73 Å². The van der Waals surface area contributed by atoms with Gasteiger partial charge in [-0.15, -0.1) is 0 Å². The minimum absolute atomic E-state index is 0.0923. The van der Waals surface area contributed by atoms with Crippen molar-refractivity contribution in [3.8, 4) is 0 Å². The van der Waals surface area contributed by atoms with Gasteiger partial charge in [-0.25, -0.2) is 0 Å². The van der Waals surface area contributed by atoms with Gasteiger partial charge in [0.1, 0.15) is 0 Å². The van der Waals surface area contributed by atoms with Crippen molar-refractivity contribution in [3.05, 3.63) is 0 Å². The zero-order chi connectivity index (χ0) is 15.5. The summed E-state index contributed by atoms with van der Waals surface area (Å²) in [7, 11) is -1.25. The van der Waals surface area contributed by atoms with E-state index in [1.807, 2.05) is 0 Å². The molecule has 0 aliphatic carbocycles. The molecule has 2 heterocycles. The van der Waals surface area contributed by atoms with E-state index in [0.717, 1.165) is 38.8 Å². The van der Waals surface area contributed by atoms with E-state index in [-0.39, 0.29) is 6.04 Å². The van der Waals surface area contributed by atoms with Gasteiger partial charge in [0.15, 0.2) is 0 Å². The second kappa shape index (κ2) is 7.37. The third-order valence-corrected chi connectivity index (χ3v) is 6.94. The summed E-state index contributed by atoms with van der Waals surface area (Å²) in [6.45, 7) is 6.42. The molecule has 1 atom stereocenters. The summed E-state index contributed by atoms with van der Waals surface area (Å²) in [5.41, 5.74) is 5.70. The number of piperidine rings is 1. The maximum absolute atomic E-state index is 13.0. The van der Waals surface area contributed by atoms with Crippen LogP contribution in [0.3, 0.4) is 0 Å². The smallest absolute Gasteiger partial charge is 0.282 e. The minimum Gasteiger partial charge on any atom is -0.330 e. The summed E-state index contributed by atoms with van der Waals surface area (Å²) in [5.74, 6) is 0.480. The Morgan fingerprint density at radius 2 is 1.81 bits per heavy atom. The van der Waals surface area contributed by atoms with E-state index in [0.29, 0.717) is 32.1 Å². The summed E-state index contributed by atoms with van der Waals surface area (Å²) in [6.07, 6.45) is 3.55. The lowest BCUT2D eigenvalue weighted by Gasteiger charge is -2.37. The van der Waals surface area contributed by atoms with E-state index in [9.17, 15) is 8.42 Å². The Morgan fingerprint density at radius 1 is 1.14 bits per heavy atom. The second-order valence-electron chi connectivity index (χ2n) is 6.37. The number of hydrogen-bond acceptors (Lipinski definition) is 4. The van der Waals surface area contributed by atoms with Gasteiger partial charge >= 0.3 is 0 Å². The van der Waals surface area contributed by atoms with Crippen LogP contribution in [-0.4, -0.2) is 74.3 Å². The normalized spacial score (nSPS) is 28.6. The van der Waals surface area contributed by atoms with Crippen molar-refractivity contribution < 1.29 is 8.42 Å². The molecule has 1 unspecified atom stereocenters. The predicted octanol–water partition coefficient (Wildman–Crippen LogP) is 0.318. The van der Waals surface area contributed by atoms with Gasteiger partial charge in [0.25, 0.3) is 10.2 Å². The zero-order valence-corrected chi connectivity index (χ0v) is 14.2. The molecule has 2 aliphatic rings. The molecule has 0 amide bonds. The summed E-state index contributed by atoms with van der Waals surface area (Å²) < 4.78 is 29.4. The lowest BCUT2D eigenvalue weighted by atomic mass is 9.99. The number of nitrogens with zero attached hydrogens (tertiary/aromatic N) is 3. The van der Waals surface area contributed by atoms with Gasteiger partial charge in [-0.1, -0.05) is 6.92 Å². The van der Waals surface area contributed by atoms with Crippen LogP contribution in [0.25, 0.3) is 0 Å². The minimum atomic E-state index is -3.33. The summed E-state index contributed by atoms with van der Waals surface area (Å²) >= 11 is 0. The lowest BCUT2D eigenvalue weighted by Crippen LogP contribution is -2.52. The lowest BCUT2D eigenvalue weighted by molar-refractivity contribution is 0.229. The molecule has 2 saturated heterocycles. The van der Waals surface area contributed by atoms with Gasteiger partial charge in [-0.05, 0) is 51.7 Å². The first kappa shape index (κ1) is 17.1. The number of hydrogen-bond donors (Lipinski definition) is 1. The summed E-state index contributed by atoms with van der Waals surface area (Å²) in [6, 6.07) is 0.0923. The third kappa shape index (κ3) is 3.96. The molecule has 0 bridgehead atoms. The molecule has 2 aliphatic heterocycles. The van der Waals surface area contributed by atoms with Crippen molar-refractivity contribution in [2.24, 2.45) is 11.7 Å². The third-order valence-electron chi connectivity index (χ3n) is 4.85. The molecular formula is C14H30N4O2S. The molecule has 124 valence electrons. The maximum Gasteiger partial charge on any atom is 0.282 e. The SMILES string of the molecule is CCC1CN(C)CCCN1S(=O)(=O)N1CCC(CN)CC1. The highest BCUT2D eigenvalue weighted by atomic mass is 32.2. The molecular weight excluding hydrogens is 288 g/mol. The summed E-state index contributed by atoms with van der Waals surface area (Å²) in [5, 5.41) is 0. The highest BCUT2D eigenvalue weighted by molar-refractivity contribution is 7.86. The molecule has 21 heavy (non-hydrogen) atoms. The molecule has 2 rings (SSSR count). The summed E-state index contributed by atoms with van der Waals surface area (Å²) in [4.78, 5) is 2.24. The fourth-order valence-electron chi connectivity index (χ4n) is 3.38. The Balaban J connectivity index is 2.10. The molecule has 0 aromatic heterocycles. The fourth-order valence-corrected chi connectivity index (χ4v) is 5.30. The maximum atomic E-state index is 13.0. The Kier molecular flexibility index (Phi) is 6.02. The highest BCUT2D eigenvalue weighted by Gasteiger charge is 2.37. The zero-order valence-electron chi connectivity index (χ0n) is 13.4. The molecule has 0 saturated carbocycles. The van der Waals surface area contributed by atoms with Crippen LogP contribution in [0.2, 0.25) is 0 Å². The van der Waals surface area contributed by atoms with Crippen LogP contribution >= 0.6 is 0 Å². The van der Waals surface area contributed by atoms with E-state index >= 15 is 0 Å². The second-order valence-corrected chi connectivity index (χ2v) is 8.26. The van der Waals surface area contributed by atoms with Crippen LogP contribution in [0.15, 0.2) is 0 Å². The quantitative estimate of drug-likeness (QED) is 0.810. The topological polar surface area (TPSA) is 69.9 Å². The Morgan fingerprint density at radius 3 is 2.38 bits per heavy atom. The number of nitrogens with two attached hydrogens (primary N) is 1. The first-order valence-corrected chi connectivity index (χ1v) is 9.54. The molecule has 6 nitrogen and oxygen atoms in total. The van der Waals surface area contributed by atoms with E-state index in [1.165, 1.54) is 0 Å². The Labute approximate surface area is 129 Å². The molecule has 0 aromatic carbocycles. The van der Waals surface area contributed by atoms with E-state index < -0.39 is 10.2 Å². The van der Waals surface area contributed by atoms with Crippen LogP contribution in [0.4, 0.5) is 0 Å². The van der Waals surface area contributed by atoms with Gasteiger partial charge in [0.05, 0.1) is 0 Å². The molecule has 0 spiro atoms. The van der Waals surface area contributed by atoms with Crippen molar-refractivity contribution in [2.75, 3.05) is 46.3 Å². The standard InChI is InChI=1S/C14H30N4O2S/c1-3-14-12-16(2)7-4-8-18(14)21(19,20)17-9-5-13(11-15)6-10-17/h13-14H,3-12,15H2,1-2H3. The van der Waals surface area contributed by atoms with Gasteiger partial charge in [0.2, 0.25) is 0 Å². The molecule has 0 radical (unpaired) electrons. The van der Waals surface area contributed by atoms with Gasteiger partial charge in [-0.2, -0.15) is 17.0 Å². The van der Waals surface area contributed by atoms with Crippen molar-refractivity contribution >= 4 is 10.2 Å². The largest absolute Gasteiger partial charge is 0.330 e. The van der Waals surface area contributed by atoms with Crippen molar-refractivity contribution in [1.82, 2.24) is 13.5 Å². The van der Waals surface area contributed by atoms with Crippen molar-refractivity contribution in [2.45, 2.75) is 38.6 Å². The van der Waals surface area contributed by atoms with Crippen molar-refractivity contribution in [3.63, 3.8) is 0 Å². The van der Waals surface area contributed by atoms with Crippen LogP contribution in [0.1, 0.15) is 32.6 Å². The monoisotopic (exact) mass is 318 g/mol. The van der Waals surface area contributed by atoms with Gasteiger partial charge in [0, 0.05) is 32.2 Å².